The zero-order valence-electron chi connectivity index (χ0n) is 10.5. The zero-order chi connectivity index (χ0) is 13.8. The second-order valence-corrected chi connectivity index (χ2v) is 5.56. The highest BCUT2D eigenvalue weighted by Crippen LogP contribution is 2.14. The Morgan fingerprint density at radius 3 is 2.83 bits per heavy atom. The average molecular weight is 281 g/mol. The van der Waals surface area contributed by atoms with Gasteiger partial charge in [-0.15, -0.1) is 0 Å². The van der Waals surface area contributed by atoms with Gasteiger partial charge in [0.25, 0.3) is 0 Å². The maximum Gasteiger partial charge on any atom is 0.421 e. The number of nitrogens with zero attached hydrogens (tertiary/aromatic N) is 1. The number of nitrogens with two attached hydrogens (primary N) is 1. The summed E-state index contributed by atoms with van der Waals surface area (Å²) >= 11 is 0. The summed E-state index contributed by atoms with van der Waals surface area (Å²) in [5.74, 6) is 0. The molecule has 1 fully saturated rings. The van der Waals surface area contributed by atoms with Crippen molar-refractivity contribution < 1.29 is 22.7 Å². The minimum absolute atomic E-state index is 0.103. The molecule has 2 unspecified atom stereocenters. The van der Waals surface area contributed by atoms with Crippen LogP contribution in [0.4, 0.5) is 4.79 Å². The molecule has 3 N–H and O–H groups in total. The molecule has 1 heterocycles. The first kappa shape index (κ1) is 15.2. The molecule has 0 aromatic carbocycles. The third-order valence-corrected chi connectivity index (χ3v) is 4.06. The van der Waals surface area contributed by atoms with Gasteiger partial charge in [-0.05, 0) is 13.8 Å². The average Bonchev–Trinajstić information content (AvgIpc) is 2.29. The highest BCUT2D eigenvalue weighted by molar-refractivity contribution is 7.87. The van der Waals surface area contributed by atoms with Crippen molar-refractivity contribution in [3.05, 3.63) is 0 Å². The van der Waals surface area contributed by atoms with Gasteiger partial charge < -0.3 is 15.2 Å². The molecule has 1 saturated heterocycles. The SMILES string of the molecule is CCOC(=O)NS(=O)(=O)N1CC(CN)OCC1C. The van der Waals surface area contributed by atoms with Gasteiger partial charge in [0.1, 0.15) is 0 Å². The van der Waals surface area contributed by atoms with E-state index < -0.39 is 16.3 Å². The molecule has 1 amide bonds. The van der Waals surface area contributed by atoms with Gasteiger partial charge in [0.2, 0.25) is 0 Å². The maximum atomic E-state index is 12.0. The fourth-order valence-corrected chi connectivity index (χ4v) is 2.88. The molecule has 0 aromatic rings. The van der Waals surface area contributed by atoms with Crippen LogP contribution in [-0.2, 0) is 19.7 Å². The Morgan fingerprint density at radius 1 is 1.61 bits per heavy atom. The van der Waals surface area contributed by atoms with Gasteiger partial charge in [-0.2, -0.15) is 12.7 Å². The molecule has 0 aliphatic carbocycles. The lowest BCUT2D eigenvalue weighted by molar-refractivity contribution is -0.0223. The van der Waals surface area contributed by atoms with Crippen molar-refractivity contribution in [3.8, 4) is 0 Å². The smallest absolute Gasteiger partial charge is 0.421 e. The van der Waals surface area contributed by atoms with E-state index in [1.807, 2.05) is 4.72 Å². The van der Waals surface area contributed by atoms with Crippen LogP contribution in [0.2, 0.25) is 0 Å². The molecule has 1 aliphatic heterocycles. The lowest BCUT2D eigenvalue weighted by Gasteiger charge is -2.36. The fourth-order valence-electron chi connectivity index (χ4n) is 1.59. The molecular weight excluding hydrogens is 262 g/mol. The van der Waals surface area contributed by atoms with Gasteiger partial charge in [-0.1, -0.05) is 0 Å². The van der Waals surface area contributed by atoms with Crippen molar-refractivity contribution in [3.63, 3.8) is 0 Å². The standard InChI is InChI=1S/C9H19N3O5S/c1-3-16-9(13)11-18(14,15)12-5-8(4-10)17-6-7(12)2/h7-8H,3-6,10H2,1-2H3,(H,11,13). The second kappa shape index (κ2) is 6.32. The van der Waals surface area contributed by atoms with Gasteiger partial charge in [0, 0.05) is 19.1 Å². The number of hydrogen-bond donors (Lipinski definition) is 2. The number of carbonyl (C=O) groups is 1. The lowest BCUT2D eigenvalue weighted by atomic mass is 10.2. The number of ether oxygens (including phenoxy) is 2. The number of amides is 1. The summed E-state index contributed by atoms with van der Waals surface area (Å²) in [6.07, 6.45) is -1.35. The van der Waals surface area contributed by atoms with Crippen molar-refractivity contribution in [2.75, 3.05) is 26.3 Å². The van der Waals surface area contributed by atoms with E-state index >= 15 is 0 Å². The van der Waals surface area contributed by atoms with Crippen LogP contribution in [0.25, 0.3) is 0 Å². The highest BCUT2D eigenvalue weighted by atomic mass is 32.2. The topological polar surface area (TPSA) is 111 Å². The summed E-state index contributed by atoms with van der Waals surface area (Å²) in [5, 5.41) is 0. The molecule has 1 aliphatic rings. The molecule has 18 heavy (non-hydrogen) atoms. The third-order valence-electron chi connectivity index (χ3n) is 2.51. The van der Waals surface area contributed by atoms with Gasteiger partial charge in [0.05, 0.1) is 19.3 Å². The van der Waals surface area contributed by atoms with Crippen LogP contribution >= 0.6 is 0 Å². The summed E-state index contributed by atoms with van der Waals surface area (Å²) in [4.78, 5) is 11.2. The van der Waals surface area contributed by atoms with Crippen LogP contribution in [-0.4, -0.2) is 57.3 Å². The number of carbonyl (C=O) groups excluding carboxylic acids is 1. The Bertz CT molecular complexity index is 386. The number of hydrogen-bond acceptors (Lipinski definition) is 6. The summed E-state index contributed by atoms with van der Waals surface area (Å²) in [6.45, 7) is 3.97. The van der Waals surface area contributed by atoms with Crippen molar-refractivity contribution in [2.24, 2.45) is 5.73 Å². The summed E-state index contributed by atoms with van der Waals surface area (Å²) in [6, 6.07) is -0.361. The van der Waals surface area contributed by atoms with Crippen molar-refractivity contribution >= 4 is 16.3 Å². The second-order valence-electron chi connectivity index (χ2n) is 3.94. The zero-order valence-corrected chi connectivity index (χ0v) is 11.3. The van der Waals surface area contributed by atoms with E-state index in [0.29, 0.717) is 0 Å². The lowest BCUT2D eigenvalue weighted by Crippen LogP contribution is -2.56. The molecule has 8 nitrogen and oxygen atoms in total. The predicted octanol–water partition coefficient (Wildman–Crippen LogP) is -0.975. The van der Waals surface area contributed by atoms with Crippen LogP contribution in [0.1, 0.15) is 13.8 Å². The minimum Gasteiger partial charge on any atom is -0.449 e. The van der Waals surface area contributed by atoms with Crippen LogP contribution < -0.4 is 10.5 Å². The molecule has 9 heteroatoms. The first-order valence-corrected chi connectivity index (χ1v) is 7.12. The molecule has 106 valence electrons. The largest absolute Gasteiger partial charge is 0.449 e. The van der Waals surface area contributed by atoms with E-state index in [4.69, 9.17) is 10.5 Å². The van der Waals surface area contributed by atoms with E-state index in [-0.39, 0.29) is 38.4 Å². The monoisotopic (exact) mass is 281 g/mol. The quantitative estimate of drug-likeness (QED) is 0.685. The van der Waals surface area contributed by atoms with E-state index in [1.54, 1.807) is 13.8 Å². The molecule has 0 bridgehead atoms. The van der Waals surface area contributed by atoms with Crippen molar-refractivity contribution in [1.29, 1.82) is 0 Å². The third kappa shape index (κ3) is 3.80. The van der Waals surface area contributed by atoms with Gasteiger partial charge in [-0.3, -0.25) is 0 Å². The fraction of sp³-hybridized carbons (Fsp3) is 0.889. The van der Waals surface area contributed by atoms with Crippen molar-refractivity contribution in [1.82, 2.24) is 9.03 Å². The van der Waals surface area contributed by atoms with Gasteiger partial charge >= 0.3 is 16.3 Å². The summed E-state index contributed by atoms with van der Waals surface area (Å²) < 4.78 is 36.8. The Labute approximate surface area is 107 Å². The number of rotatable bonds is 4. The number of nitrogens with one attached hydrogen (secondary N) is 1. The van der Waals surface area contributed by atoms with E-state index in [0.717, 1.165) is 4.31 Å². The summed E-state index contributed by atoms with van der Waals surface area (Å²) in [7, 11) is -3.92. The van der Waals surface area contributed by atoms with E-state index in [9.17, 15) is 13.2 Å². The van der Waals surface area contributed by atoms with Crippen LogP contribution in [0, 0.1) is 0 Å². The van der Waals surface area contributed by atoms with Crippen LogP contribution in [0.3, 0.4) is 0 Å². The predicted molar refractivity (Wildman–Crippen MR) is 64.0 cm³/mol. The van der Waals surface area contributed by atoms with Crippen LogP contribution in [0.15, 0.2) is 0 Å². The Morgan fingerprint density at radius 2 is 2.28 bits per heavy atom. The van der Waals surface area contributed by atoms with Crippen molar-refractivity contribution in [2.45, 2.75) is 26.0 Å². The highest BCUT2D eigenvalue weighted by Gasteiger charge is 2.35. The number of morpholine rings is 1. The minimum atomic E-state index is -3.92. The Kier molecular flexibility index (Phi) is 5.32. The molecule has 0 spiro atoms. The molecular formula is C9H19N3O5S. The normalized spacial score (nSPS) is 25.7. The van der Waals surface area contributed by atoms with Gasteiger partial charge in [-0.25, -0.2) is 9.52 Å². The van der Waals surface area contributed by atoms with E-state index in [1.165, 1.54) is 0 Å². The molecule has 1 rings (SSSR count). The van der Waals surface area contributed by atoms with Crippen LogP contribution in [0.5, 0.6) is 0 Å². The molecule has 2 atom stereocenters. The molecule has 0 aromatic heterocycles. The maximum absolute atomic E-state index is 12.0. The first-order chi connectivity index (χ1) is 8.40. The molecule has 0 radical (unpaired) electrons. The van der Waals surface area contributed by atoms with Gasteiger partial charge in [0.15, 0.2) is 0 Å². The Balaban J connectivity index is 2.73. The van der Waals surface area contributed by atoms with E-state index in [2.05, 4.69) is 4.74 Å². The first-order valence-electron chi connectivity index (χ1n) is 5.68. The summed E-state index contributed by atoms with van der Waals surface area (Å²) in [5.41, 5.74) is 5.44. The Hall–Kier alpha value is -0.900. The molecule has 0 saturated carbocycles.